The number of anilines is 2. The largest absolute Gasteiger partial charge is 0.495 e. The number of ether oxygens (including phenoxy) is 3. The van der Waals surface area contributed by atoms with Gasteiger partial charge in [0.2, 0.25) is 0 Å². The van der Waals surface area contributed by atoms with Gasteiger partial charge < -0.3 is 24.8 Å². The molecule has 0 spiro atoms. The highest BCUT2D eigenvalue weighted by atomic mass is 32.1. The molecule has 0 saturated carbocycles. The molecule has 0 aliphatic carbocycles. The molecule has 0 unspecified atom stereocenters. The highest BCUT2D eigenvalue weighted by molar-refractivity contribution is 7.13. The Labute approximate surface area is 267 Å². The minimum atomic E-state index is -0.367. The third-order valence-corrected chi connectivity index (χ3v) is 8.58. The number of amides is 2. The molecule has 2 amide bonds. The van der Waals surface area contributed by atoms with Crippen LogP contribution in [-0.2, 0) is 16.7 Å². The van der Waals surface area contributed by atoms with Crippen molar-refractivity contribution in [1.29, 1.82) is 0 Å². The van der Waals surface area contributed by atoms with Gasteiger partial charge >= 0.3 is 6.03 Å². The zero-order valence-electron chi connectivity index (χ0n) is 25.9. The first kappa shape index (κ1) is 30.5. The molecule has 2 aromatic heterocycles. The van der Waals surface area contributed by atoms with Crippen LogP contribution >= 0.6 is 11.3 Å². The van der Waals surface area contributed by atoms with E-state index in [0.717, 1.165) is 65.6 Å². The maximum Gasteiger partial charge on any atom is 0.323 e. The minimum Gasteiger partial charge on any atom is -0.495 e. The normalized spacial score (nSPS) is 13.9. The van der Waals surface area contributed by atoms with E-state index in [2.05, 4.69) is 46.7 Å². The number of carbonyl (C=O) groups is 1. The van der Waals surface area contributed by atoms with Gasteiger partial charge in [-0.25, -0.2) is 9.78 Å². The number of hydrogen-bond donors (Lipinski definition) is 2. The van der Waals surface area contributed by atoms with Crippen LogP contribution in [0.25, 0.3) is 21.5 Å². The van der Waals surface area contributed by atoms with E-state index in [4.69, 9.17) is 19.2 Å². The van der Waals surface area contributed by atoms with Gasteiger partial charge in [0.05, 0.1) is 37.4 Å². The molecule has 1 saturated heterocycles. The second-order valence-electron chi connectivity index (χ2n) is 11.9. The van der Waals surface area contributed by atoms with Crippen LogP contribution in [0.5, 0.6) is 17.2 Å². The maximum absolute atomic E-state index is 13.2. The lowest BCUT2D eigenvalue weighted by molar-refractivity contribution is 0.0337. The topological polar surface area (TPSA) is 97.8 Å². The Morgan fingerprint density at radius 1 is 0.956 bits per heavy atom. The monoisotopic (exact) mass is 623 g/mol. The molecule has 6 rings (SSSR count). The Morgan fingerprint density at radius 3 is 2.49 bits per heavy atom. The number of urea groups is 1. The van der Waals surface area contributed by atoms with Crippen molar-refractivity contribution < 1.29 is 19.0 Å². The Morgan fingerprint density at radius 2 is 1.71 bits per heavy atom. The van der Waals surface area contributed by atoms with Gasteiger partial charge in [0.1, 0.15) is 28.0 Å². The molecule has 10 heteroatoms. The van der Waals surface area contributed by atoms with Gasteiger partial charge in [-0.05, 0) is 41.3 Å². The average molecular weight is 624 g/mol. The molecule has 45 heavy (non-hydrogen) atoms. The van der Waals surface area contributed by atoms with Gasteiger partial charge in [-0.2, -0.15) is 0 Å². The Bertz CT molecular complexity index is 1810. The van der Waals surface area contributed by atoms with E-state index < -0.39 is 0 Å². The summed E-state index contributed by atoms with van der Waals surface area (Å²) in [4.78, 5) is 24.9. The first-order valence-electron chi connectivity index (χ1n) is 14.9. The number of fused-ring (bicyclic) bond motifs is 1. The number of nitrogens with one attached hydrogen (secondary N) is 2. The molecule has 3 aromatic carbocycles. The molecule has 1 aliphatic heterocycles. The van der Waals surface area contributed by atoms with Crippen LogP contribution in [0.15, 0.2) is 78.3 Å². The molecule has 1 aliphatic rings. The zero-order chi connectivity index (χ0) is 31.4. The van der Waals surface area contributed by atoms with Crippen molar-refractivity contribution in [3.05, 3.63) is 89.6 Å². The third kappa shape index (κ3) is 7.25. The molecule has 0 atom stereocenters. The van der Waals surface area contributed by atoms with Gasteiger partial charge in [0.15, 0.2) is 0 Å². The predicted molar refractivity (Wildman–Crippen MR) is 180 cm³/mol. The Balaban J connectivity index is 1.19. The van der Waals surface area contributed by atoms with Gasteiger partial charge in [0, 0.05) is 48.0 Å². The average Bonchev–Trinajstić information content (AvgIpc) is 3.51. The molecule has 2 N–H and O–H groups in total. The van der Waals surface area contributed by atoms with E-state index in [-0.39, 0.29) is 11.4 Å². The number of thiazole rings is 1. The van der Waals surface area contributed by atoms with E-state index in [1.807, 2.05) is 66.7 Å². The molecule has 3 heterocycles. The maximum atomic E-state index is 13.2. The predicted octanol–water partition coefficient (Wildman–Crippen LogP) is 7.93. The van der Waals surface area contributed by atoms with E-state index in [0.29, 0.717) is 28.6 Å². The summed E-state index contributed by atoms with van der Waals surface area (Å²) in [5.74, 6) is 1.91. The molecule has 232 valence electrons. The number of carbonyl (C=O) groups excluding carboxylic acids is 1. The lowest BCUT2D eigenvalue weighted by Crippen LogP contribution is -2.35. The highest BCUT2D eigenvalue weighted by Gasteiger charge is 2.18. The highest BCUT2D eigenvalue weighted by Crippen LogP contribution is 2.36. The second kappa shape index (κ2) is 13.2. The standard InChI is InChI=1S/C35H37N5O4S/c1-35(2,3)23-9-11-32(42-4)29(19-23)39-34(41)38-28-10-12-31(27-8-6-5-7-26(27)28)44-25-13-14-36-30(20-25)33-37-24(22-45-33)21-40-15-17-43-18-16-40/h5-14,19-20,22H,15-18,21H2,1-4H3,(H2,38,39,41). The van der Waals surface area contributed by atoms with Crippen LogP contribution < -0.4 is 20.1 Å². The summed E-state index contributed by atoms with van der Waals surface area (Å²) < 4.78 is 17.3. The quantitative estimate of drug-likeness (QED) is 0.181. The van der Waals surface area contributed by atoms with Crippen LogP contribution in [0.4, 0.5) is 16.2 Å². The lowest BCUT2D eigenvalue weighted by Gasteiger charge is -2.25. The van der Waals surface area contributed by atoms with Crippen LogP contribution in [0.2, 0.25) is 0 Å². The Hall–Kier alpha value is -4.51. The number of nitrogens with zero attached hydrogens (tertiary/aromatic N) is 3. The van der Waals surface area contributed by atoms with Gasteiger partial charge in [-0.3, -0.25) is 9.88 Å². The minimum absolute atomic E-state index is 0.0763. The molecule has 9 nitrogen and oxygen atoms in total. The molecule has 5 aromatic rings. The molecule has 1 fully saturated rings. The summed E-state index contributed by atoms with van der Waals surface area (Å²) in [6.45, 7) is 10.5. The fourth-order valence-electron chi connectivity index (χ4n) is 5.22. The van der Waals surface area contributed by atoms with Crippen molar-refractivity contribution in [2.45, 2.75) is 32.7 Å². The molecular formula is C35H37N5O4S. The van der Waals surface area contributed by atoms with E-state index in [1.165, 1.54) is 0 Å². The fourth-order valence-corrected chi connectivity index (χ4v) is 6.00. The summed E-state index contributed by atoms with van der Waals surface area (Å²) in [6, 6.07) is 20.8. The summed E-state index contributed by atoms with van der Waals surface area (Å²) >= 11 is 1.58. The van der Waals surface area contributed by atoms with Crippen LogP contribution in [-0.4, -0.2) is 54.3 Å². The van der Waals surface area contributed by atoms with Gasteiger partial charge in [-0.1, -0.05) is 51.1 Å². The number of aromatic nitrogens is 2. The summed E-state index contributed by atoms with van der Waals surface area (Å²) in [6.07, 6.45) is 1.74. The first-order chi connectivity index (χ1) is 21.8. The Kier molecular flexibility index (Phi) is 8.97. The van der Waals surface area contributed by atoms with Crippen LogP contribution in [0, 0.1) is 0 Å². The van der Waals surface area contributed by atoms with E-state index in [1.54, 1.807) is 24.6 Å². The summed E-state index contributed by atoms with van der Waals surface area (Å²) in [5.41, 5.74) is 4.07. The van der Waals surface area contributed by atoms with Crippen LogP contribution in [0.1, 0.15) is 32.0 Å². The van der Waals surface area contributed by atoms with Crippen molar-refractivity contribution in [3.8, 4) is 28.0 Å². The number of morpholine rings is 1. The zero-order valence-corrected chi connectivity index (χ0v) is 26.7. The van der Waals surface area contributed by atoms with Crippen LogP contribution in [0.3, 0.4) is 0 Å². The third-order valence-electron chi connectivity index (χ3n) is 7.67. The van der Waals surface area contributed by atoms with Gasteiger partial charge in [0.25, 0.3) is 0 Å². The molecule has 0 radical (unpaired) electrons. The van der Waals surface area contributed by atoms with Crippen molar-refractivity contribution in [2.75, 3.05) is 44.0 Å². The fraction of sp³-hybridized carbons (Fsp3) is 0.286. The van der Waals surface area contributed by atoms with Gasteiger partial charge in [-0.15, -0.1) is 11.3 Å². The smallest absolute Gasteiger partial charge is 0.323 e. The van der Waals surface area contributed by atoms with E-state index in [9.17, 15) is 4.79 Å². The van der Waals surface area contributed by atoms with E-state index >= 15 is 0 Å². The van der Waals surface area contributed by atoms with Crippen molar-refractivity contribution in [2.24, 2.45) is 0 Å². The number of methoxy groups -OCH3 is 1. The SMILES string of the molecule is COc1ccc(C(C)(C)C)cc1NC(=O)Nc1ccc(Oc2ccnc(-c3nc(CN4CCOCC4)cs3)c2)c2ccccc12. The van der Waals surface area contributed by atoms with Crippen molar-refractivity contribution >= 4 is 39.5 Å². The van der Waals surface area contributed by atoms with Crippen molar-refractivity contribution in [3.63, 3.8) is 0 Å². The number of hydrogen-bond acceptors (Lipinski definition) is 8. The summed E-state index contributed by atoms with van der Waals surface area (Å²) in [5, 5.41) is 10.6. The molecule has 0 bridgehead atoms. The molecular weight excluding hydrogens is 586 g/mol. The lowest BCUT2D eigenvalue weighted by atomic mass is 9.87. The summed E-state index contributed by atoms with van der Waals surface area (Å²) in [7, 11) is 1.59. The number of rotatable bonds is 8. The number of pyridine rings is 1. The second-order valence-corrected chi connectivity index (χ2v) is 12.8. The first-order valence-corrected chi connectivity index (χ1v) is 15.8. The number of benzene rings is 3. The van der Waals surface area contributed by atoms with Crippen molar-refractivity contribution in [1.82, 2.24) is 14.9 Å².